The van der Waals surface area contributed by atoms with Crippen LogP contribution in [0.15, 0.2) is 0 Å². The summed E-state index contributed by atoms with van der Waals surface area (Å²) < 4.78 is 34.6. The molecule has 120 valence electrons. The molecule has 0 spiro atoms. The monoisotopic (exact) mass is 306 g/mol. The van der Waals surface area contributed by atoms with Crippen LogP contribution in [0.1, 0.15) is 0 Å². The third-order valence-corrected chi connectivity index (χ3v) is 2.65. The molecular formula is C12H18O9. The Morgan fingerprint density at radius 3 is 1.57 bits per heavy atom. The molecule has 0 bridgehead atoms. The molecule has 9 nitrogen and oxygen atoms in total. The highest BCUT2D eigenvalue weighted by Crippen LogP contribution is 2.06. The van der Waals surface area contributed by atoms with Crippen molar-refractivity contribution in [2.24, 2.45) is 0 Å². The van der Waals surface area contributed by atoms with E-state index in [9.17, 15) is 9.59 Å². The zero-order chi connectivity index (χ0) is 14.9. The number of carbonyl (C=O) groups excluding carboxylic acids is 2. The summed E-state index contributed by atoms with van der Waals surface area (Å²) >= 11 is 0. The Morgan fingerprint density at radius 1 is 0.762 bits per heavy atom. The van der Waals surface area contributed by atoms with E-state index in [-0.39, 0.29) is 25.4 Å². The smallest absolute Gasteiger partial charge is 0.430 e. The van der Waals surface area contributed by atoms with E-state index in [0.29, 0.717) is 39.6 Å². The Hall–Kier alpha value is -1.58. The number of cyclic esters (lactones) is 4. The average Bonchev–Trinajstić information content (AvgIpc) is 3.06. The maximum absolute atomic E-state index is 10.6. The highest BCUT2D eigenvalue weighted by molar-refractivity contribution is 5.62. The predicted molar refractivity (Wildman–Crippen MR) is 64.9 cm³/mol. The Balaban J connectivity index is 1.32. The van der Waals surface area contributed by atoms with Gasteiger partial charge in [0.1, 0.15) is 13.2 Å². The Bertz CT molecular complexity index is 314. The molecule has 21 heavy (non-hydrogen) atoms. The van der Waals surface area contributed by atoms with Crippen LogP contribution in [0.25, 0.3) is 0 Å². The lowest BCUT2D eigenvalue weighted by Gasteiger charge is -2.09. The van der Waals surface area contributed by atoms with Crippen LogP contribution in [-0.2, 0) is 33.2 Å². The first-order chi connectivity index (χ1) is 10.2. The molecule has 2 rings (SSSR count). The quantitative estimate of drug-likeness (QED) is 0.411. The fourth-order valence-electron chi connectivity index (χ4n) is 1.66. The van der Waals surface area contributed by atoms with Gasteiger partial charge in [0.2, 0.25) is 0 Å². The van der Waals surface area contributed by atoms with Gasteiger partial charge in [-0.1, -0.05) is 0 Å². The van der Waals surface area contributed by atoms with Crippen molar-refractivity contribution in [2.75, 3.05) is 52.9 Å². The van der Waals surface area contributed by atoms with Crippen molar-refractivity contribution in [1.29, 1.82) is 0 Å². The molecule has 0 aromatic rings. The van der Waals surface area contributed by atoms with Crippen LogP contribution < -0.4 is 0 Å². The van der Waals surface area contributed by atoms with Gasteiger partial charge < -0.3 is 33.2 Å². The molecule has 2 heterocycles. The third kappa shape index (κ3) is 6.15. The maximum Gasteiger partial charge on any atom is 0.508 e. The van der Waals surface area contributed by atoms with Crippen molar-refractivity contribution in [2.45, 2.75) is 12.2 Å². The molecule has 2 atom stereocenters. The molecule has 0 aromatic carbocycles. The Morgan fingerprint density at radius 2 is 1.19 bits per heavy atom. The van der Waals surface area contributed by atoms with E-state index in [2.05, 4.69) is 9.47 Å². The second-order valence-electron chi connectivity index (χ2n) is 4.36. The topological polar surface area (TPSA) is 98.8 Å². The van der Waals surface area contributed by atoms with Gasteiger partial charge in [-0.3, -0.25) is 0 Å². The predicted octanol–water partition coefficient (Wildman–Crippen LogP) is 0.107. The maximum atomic E-state index is 10.6. The van der Waals surface area contributed by atoms with Crippen LogP contribution in [0.5, 0.6) is 0 Å². The van der Waals surface area contributed by atoms with Gasteiger partial charge in [0, 0.05) is 0 Å². The van der Waals surface area contributed by atoms with E-state index < -0.39 is 12.3 Å². The second kappa shape index (κ2) is 8.65. The lowest BCUT2D eigenvalue weighted by Crippen LogP contribution is -2.21. The highest BCUT2D eigenvalue weighted by Gasteiger charge is 2.25. The molecule has 0 aromatic heterocycles. The van der Waals surface area contributed by atoms with E-state index in [1.807, 2.05) is 0 Å². The van der Waals surface area contributed by atoms with Gasteiger partial charge in [0.05, 0.1) is 39.6 Å². The van der Waals surface area contributed by atoms with Crippen LogP contribution in [-0.4, -0.2) is 77.4 Å². The van der Waals surface area contributed by atoms with Gasteiger partial charge in [0.25, 0.3) is 0 Å². The molecule has 0 N–H and O–H groups in total. The number of hydrogen-bond acceptors (Lipinski definition) is 9. The van der Waals surface area contributed by atoms with Gasteiger partial charge >= 0.3 is 12.3 Å². The van der Waals surface area contributed by atoms with Crippen molar-refractivity contribution in [3.05, 3.63) is 0 Å². The summed E-state index contributed by atoms with van der Waals surface area (Å²) in [5, 5.41) is 0. The minimum absolute atomic E-state index is 0.225. The molecule has 0 saturated carbocycles. The molecule has 0 amide bonds. The molecule has 0 radical (unpaired) electrons. The van der Waals surface area contributed by atoms with Crippen LogP contribution in [0, 0.1) is 0 Å². The second-order valence-corrected chi connectivity index (χ2v) is 4.36. The average molecular weight is 306 g/mol. The lowest BCUT2D eigenvalue weighted by molar-refractivity contribution is -0.0152. The molecule has 2 fully saturated rings. The van der Waals surface area contributed by atoms with Crippen molar-refractivity contribution in [3.63, 3.8) is 0 Å². The largest absolute Gasteiger partial charge is 0.508 e. The molecule has 9 heteroatoms. The van der Waals surface area contributed by atoms with Gasteiger partial charge in [-0.05, 0) is 0 Å². The molecule has 2 unspecified atom stereocenters. The first-order valence-corrected chi connectivity index (χ1v) is 6.64. The fraction of sp³-hybridized carbons (Fsp3) is 0.833. The van der Waals surface area contributed by atoms with E-state index in [4.69, 9.17) is 23.7 Å². The highest BCUT2D eigenvalue weighted by atomic mass is 16.8. The van der Waals surface area contributed by atoms with Gasteiger partial charge in [-0.2, -0.15) is 0 Å². The van der Waals surface area contributed by atoms with Crippen LogP contribution in [0.3, 0.4) is 0 Å². The standard InChI is InChI=1S/C12H18O9/c13-11-18-7-9(20-11)5-16-3-1-15-2-4-17-6-10-8-19-12(14)21-10/h9-10H,1-8H2. The van der Waals surface area contributed by atoms with E-state index in [1.54, 1.807) is 0 Å². The number of ether oxygens (including phenoxy) is 7. The fourth-order valence-corrected chi connectivity index (χ4v) is 1.66. The summed E-state index contributed by atoms with van der Waals surface area (Å²) in [6.45, 7) is 2.63. The Labute approximate surface area is 121 Å². The van der Waals surface area contributed by atoms with Crippen molar-refractivity contribution in [1.82, 2.24) is 0 Å². The van der Waals surface area contributed by atoms with Gasteiger partial charge in [-0.15, -0.1) is 0 Å². The zero-order valence-corrected chi connectivity index (χ0v) is 11.5. The number of hydrogen-bond donors (Lipinski definition) is 0. The first kappa shape index (κ1) is 15.8. The van der Waals surface area contributed by atoms with Crippen molar-refractivity contribution in [3.8, 4) is 0 Å². The minimum atomic E-state index is -0.657. The lowest BCUT2D eigenvalue weighted by atomic mass is 10.4. The molecular weight excluding hydrogens is 288 g/mol. The van der Waals surface area contributed by atoms with Crippen molar-refractivity contribution < 1.29 is 42.7 Å². The first-order valence-electron chi connectivity index (χ1n) is 6.64. The summed E-state index contributed by atoms with van der Waals surface area (Å²) in [6, 6.07) is 0. The summed E-state index contributed by atoms with van der Waals surface area (Å²) in [4.78, 5) is 21.3. The molecule has 2 aliphatic rings. The number of rotatable bonds is 10. The van der Waals surface area contributed by atoms with Crippen LogP contribution in [0.4, 0.5) is 9.59 Å². The SMILES string of the molecule is O=C1OCC(COCCOCCOCC2COC(=O)O2)O1. The van der Waals surface area contributed by atoms with Crippen LogP contribution >= 0.6 is 0 Å². The minimum Gasteiger partial charge on any atom is -0.430 e. The molecule has 2 saturated heterocycles. The summed E-state index contributed by atoms with van der Waals surface area (Å²) in [6.07, 6.45) is -1.99. The molecule has 2 aliphatic heterocycles. The summed E-state index contributed by atoms with van der Waals surface area (Å²) in [7, 11) is 0. The normalized spacial score (nSPS) is 24.4. The van der Waals surface area contributed by atoms with E-state index >= 15 is 0 Å². The Kier molecular flexibility index (Phi) is 6.51. The van der Waals surface area contributed by atoms with Gasteiger partial charge in [0.15, 0.2) is 12.2 Å². The summed E-state index contributed by atoms with van der Waals surface area (Å²) in [5.74, 6) is 0. The van der Waals surface area contributed by atoms with Crippen LogP contribution in [0.2, 0.25) is 0 Å². The van der Waals surface area contributed by atoms with Gasteiger partial charge in [-0.25, -0.2) is 9.59 Å². The van der Waals surface area contributed by atoms with E-state index in [0.717, 1.165) is 0 Å². The number of carbonyl (C=O) groups is 2. The zero-order valence-electron chi connectivity index (χ0n) is 11.5. The van der Waals surface area contributed by atoms with Crippen molar-refractivity contribution >= 4 is 12.3 Å². The summed E-state index contributed by atoms with van der Waals surface area (Å²) in [5.41, 5.74) is 0. The van der Waals surface area contributed by atoms with E-state index in [1.165, 1.54) is 0 Å². The molecule has 0 aliphatic carbocycles. The third-order valence-electron chi connectivity index (χ3n) is 2.65.